The van der Waals surface area contributed by atoms with Gasteiger partial charge < -0.3 is 10.5 Å². The molecule has 0 bridgehead atoms. The molecule has 0 heterocycles. The Balaban J connectivity index is 1.83. The Morgan fingerprint density at radius 3 is 2.89 bits per heavy atom. The number of halogens is 2. The highest BCUT2D eigenvalue weighted by molar-refractivity contribution is 6.30. The summed E-state index contributed by atoms with van der Waals surface area (Å²) >= 11 is 5.72. The van der Waals surface area contributed by atoms with Gasteiger partial charge in [0.25, 0.3) is 0 Å². The summed E-state index contributed by atoms with van der Waals surface area (Å²) in [5.74, 6) is 0.715. The molecule has 2 N–H and O–H groups in total. The van der Waals surface area contributed by atoms with Gasteiger partial charge in [0.2, 0.25) is 0 Å². The fourth-order valence-corrected chi connectivity index (χ4v) is 2.82. The molecule has 1 aliphatic rings. The minimum absolute atomic E-state index is 0.150. The zero-order valence-corrected chi connectivity index (χ0v) is 11.1. The minimum Gasteiger partial charge on any atom is -0.376 e. The molecule has 18 heavy (non-hydrogen) atoms. The highest BCUT2D eigenvalue weighted by Crippen LogP contribution is 2.31. The molecule has 1 aromatic rings. The van der Waals surface area contributed by atoms with Crippen LogP contribution in [-0.2, 0) is 11.3 Å². The van der Waals surface area contributed by atoms with Crippen molar-refractivity contribution in [3.8, 4) is 0 Å². The zero-order chi connectivity index (χ0) is 13.0. The highest BCUT2D eigenvalue weighted by atomic mass is 35.5. The largest absolute Gasteiger partial charge is 0.376 e. The maximum Gasteiger partial charge on any atom is 0.147 e. The maximum absolute atomic E-state index is 13.6. The van der Waals surface area contributed by atoms with Gasteiger partial charge in [-0.25, -0.2) is 4.39 Å². The number of hydrogen-bond donors (Lipinski definition) is 1. The van der Waals surface area contributed by atoms with Crippen LogP contribution in [0.2, 0.25) is 5.02 Å². The van der Waals surface area contributed by atoms with Crippen molar-refractivity contribution in [1.82, 2.24) is 0 Å². The SMILES string of the molecule is NCC1CCCC1COCc1cccc(Cl)c1F. The lowest BCUT2D eigenvalue weighted by Crippen LogP contribution is -2.22. The standard InChI is InChI=1S/C14H19ClFNO/c15-13-6-2-5-12(14(13)16)9-18-8-11-4-1-3-10(11)7-17/h2,5-6,10-11H,1,3-4,7-9,17H2. The Kier molecular flexibility index (Phi) is 4.98. The molecule has 1 saturated carbocycles. The number of benzene rings is 1. The molecule has 2 rings (SSSR count). The van der Waals surface area contributed by atoms with E-state index in [0.717, 1.165) is 6.54 Å². The Morgan fingerprint density at radius 2 is 2.11 bits per heavy atom. The number of hydrogen-bond acceptors (Lipinski definition) is 2. The second-order valence-electron chi connectivity index (χ2n) is 4.91. The summed E-state index contributed by atoms with van der Waals surface area (Å²) in [7, 11) is 0. The van der Waals surface area contributed by atoms with Gasteiger partial charge in [-0.2, -0.15) is 0 Å². The Labute approximate surface area is 112 Å². The third-order valence-corrected chi connectivity index (χ3v) is 4.03. The molecule has 2 unspecified atom stereocenters. The van der Waals surface area contributed by atoms with E-state index in [-0.39, 0.29) is 17.4 Å². The number of rotatable bonds is 5. The van der Waals surface area contributed by atoms with Crippen LogP contribution in [0.25, 0.3) is 0 Å². The van der Waals surface area contributed by atoms with Crippen LogP contribution in [0.4, 0.5) is 4.39 Å². The van der Waals surface area contributed by atoms with E-state index in [1.807, 2.05) is 0 Å². The lowest BCUT2D eigenvalue weighted by Gasteiger charge is -2.17. The van der Waals surface area contributed by atoms with Crippen molar-refractivity contribution in [2.75, 3.05) is 13.2 Å². The van der Waals surface area contributed by atoms with Gasteiger partial charge >= 0.3 is 0 Å². The maximum atomic E-state index is 13.6. The van der Waals surface area contributed by atoms with Crippen molar-refractivity contribution in [3.05, 3.63) is 34.6 Å². The van der Waals surface area contributed by atoms with Gasteiger partial charge in [0, 0.05) is 5.56 Å². The van der Waals surface area contributed by atoms with Crippen molar-refractivity contribution in [3.63, 3.8) is 0 Å². The fourth-order valence-electron chi connectivity index (χ4n) is 2.62. The molecule has 1 fully saturated rings. The van der Waals surface area contributed by atoms with E-state index in [1.54, 1.807) is 18.2 Å². The summed E-state index contributed by atoms with van der Waals surface area (Å²) in [5.41, 5.74) is 6.24. The normalized spacial score (nSPS) is 23.5. The molecule has 0 aliphatic heterocycles. The molecule has 0 radical (unpaired) electrons. The van der Waals surface area contributed by atoms with Crippen LogP contribution < -0.4 is 5.73 Å². The van der Waals surface area contributed by atoms with Crippen LogP contribution in [0.3, 0.4) is 0 Å². The van der Waals surface area contributed by atoms with Crippen LogP contribution in [0.1, 0.15) is 24.8 Å². The van der Waals surface area contributed by atoms with Crippen LogP contribution >= 0.6 is 11.6 Å². The second-order valence-corrected chi connectivity index (χ2v) is 5.32. The number of nitrogens with two attached hydrogens (primary N) is 1. The van der Waals surface area contributed by atoms with Gasteiger partial charge in [0.1, 0.15) is 5.82 Å². The van der Waals surface area contributed by atoms with E-state index in [9.17, 15) is 4.39 Å². The van der Waals surface area contributed by atoms with Gasteiger partial charge in [-0.3, -0.25) is 0 Å². The third-order valence-electron chi connectivity index (χ3n) is 3.74. The van der Waals surface area contributed by atoms with E-state index in [4.69, 9.17) is 22.1 Å². The second kappa shape index (κ2) is 6.50. The summed E-state index contributed by atoms with van der Waals surface area (Å²) in [5, 5.41) is 0.150. The molecule has 0 amide bonds. The summed E-state index contributed by atoms with van der Waals surface area (Å²) in [6.07, 6.45) is 3.58. The summed E-state index contributed by atoms with van der Waals surface area (Å²) < 4.78 is 19.2. The van der Waals surface area contributed by atoms with Gasteiger partial charge in [-0.05, 0) is 37.3 Å². The Hall–Kier alpha value is -0.640. The molecule has 100 valence electrons. The third kappa shape index (κ3) is 3.22. The van der Waals surface area contributed by atoms with E-state index >= 15 is 0 Å². The fraction of sp³-hybridized carbons (Fsp3) is 0.571. The van der Waals surface area contributed by atoms with Gasteiger partial charge in [0.15, 0.2) is 0 Å². The quantitative estimate of drug-likeness (QED) is 0.891. The first-order valence-corrected chi connectivity index (χ1v) is 6.81. The smallest absolute Gasteiger partial charge is 0.147 e. The molecule has 4 heteroatoms. The molecule has 2 nitrogen and oxygen atoms in total. The van der Waals surface area contributed by atoms with E-state index in [2.05, 4.69) is 0 Å². The average molecular weight is 272 g/mol. The molecule has 0 aromatic heterocycles. The Bertz CT molecular complexity index is 399. The average Bonchev–Trinajstić information content (AvgIpc) is 2.82. The van der Waals surface area contributed by atoms with Gasteiger partial charge in [0.05, 0.1) is 18.2 Å². The predicted octanol–water partition coefficient (Wildman–Crippen LogP) is 3.37. The lowest BCUT2D eigenvalue weighted by molar-refractivity contribution is 0.0737. The van der Waals surface area contributed by atoms with Crippen molar-refractivity contribution in [1.29, 1.82) is 0 Å². The first-order valence-electron chi connectivity index (χ1n) is 6.43. The van der Waals surface area contributed by atoms with Crippen LogP contribution in [0, 0.1) is 17.7 Å². The predicted molar refractivity (Wildman–Crippen MR) is 71.0 cm³/mol. The number of ether oxygens (including phenoxy) is 1. The molecular formula is C14H19ClFNO. The van der Waals surface area contributed by atoms with Crippen LogP contribution in [0.15, 0.2) is 18.2 Å². The van der Waals surface area contributed by atoms with Crippen molar-refractivity contribution in [2.24, 2.45) is 17.6 Å². The van der Waals surface area contributed by atoms with Gasteiger partial charge in [-0.15, -0.1) is 0 Å². The first-order chi connectivity index (χ1) is 8.72. The zero-order valence-electron chi connectivity index (χ0n) is 10.4. The molecule has 0 spiro atoms. The van der Waals surface area contributed by atoms with Crippen molar-refractivity contribution >= 4 is 11.6 Å². The summed E-state index contributed by atoms with van der Waals surface area (Å²) in [6, 6.07) is 4.99. The minimum atomic E-state index is -0.374. The Morgan fingerprint density at radius 1 is 1.33 bits per heavy atom. The lowest BCUT2D eigenvalue weighted by atomic mass is 9.97. The first kappa shape index (κ1) is 13.8. The molecule has 1 aromatic carbocycles. The molecule has 0 saturated heterocycles. The monoisotopic (exact) mass is 271 g/mol. The van der Waals surface area contributed by atoms with Crippen molar-refractivity contribution < 1.29 is 9.13 Å². The van der Waals surface area contributed by atoms with Crippen LogP contribution in [0.5, 0.6) is 0 Å². The van der Waals surface area contributed by atoms with E-state index in [0.29, 0.717) is 24.0 Å². The van der Waals surface area contributed by atoms with E-state index in [1.165, 1.54) is 19.3 Å². The molecular weight excluding hydrogens is 253 g/mol. The summed E-state index contributed by atoms with van der Waals surface area (Å²) in [6.45, 7) is 1.66. The van der Waals surface area contributed by atoms with Crippen molar-refractivity contribution in [2.45, 2.75) is 25.9 Å². The van der Waals surface area contributed by atoms with Gasteiger partial charge in [-0.1, -0.05) is 30.2 Å². The molecule has 1 aliphatic carbocycles. The topological polar surface area (TPSA) is 35.2 Å². The summed E-state index contributed by atoms with van der Waals surface area (Å²) in [4.78, 5) is 0. The van der Waals surface area contributed by atoms with Crippen LogP contribution in [-0.4, -0.2) is 13.2 Å². The van der Waals surface area contributed by atoms with E-state index < -0.39 is 0 Å². The highest BCUT2D eigenvalue weighted by Gasteiger charge is 2.26. The molecule has 2 atom stereocenters.